The van der Waals surface area contributed by atoms with E-state index < -0.39 is 5.82 Å². The molecule has 0 radical (unpaired) electrons. The second-order valence-corrected chi connectivity index (χ2v) is 9.41. The van der Waals surface area contributed by atoms with E-state index in [0.29, 0.717) is 30.1 Å². The minimum Gasteiger partial charge on any atom is -0.506 e. The lowest BCUT2D eigenvalue weighted by Crippen LogP contribution is -2.40. The third kappa shape index (κ3) is 5.12. The number of methoxy groups -OCH3 is 1. The lowest BCUT2D eigenvalue weighted by Gasteiger charge is -2.34. The smallest absolute Gasteiger partial charge is 0.141 e. The molecule has 7 nitrogen and oxygen atoms in total. The number of anilines is 1. The van der Waals surface area contributed by atoms with Crippen LogP contribution in [0, 0.1) is 17.1 Å². The Morgan fingerprint density at radius 2 is 1.89 bits per heavy atom. The van der Waals surface area contributed by atoms with Crippen molar-refractivity contribution < 1.29 is 19.0 Å². The van der Waals surface area contributed by atoms with Crippen LogP contribution in [0.25, 0.3) is 33.2 Å². The number of ether oxygens (including phenoxy) is 2. The van der Waals surface area contributed by atoms with Gasteiger partial charge in [-0.25, -0.2) is 4.39 Å². The maximum absolute atomic E-state index is 14.7. The fourth-order valence-corrected chi connectivity index (χ4v) is 4.93. The number of pyridine rings is 1. The molecular formula is C30H29FN4O3. The number of halogens is 1. The first-order valence-electron chi connectivity index (χ1n) is 12.6. The van der Waals surface area contributed by atoms with Crippen molar-refractivity contribution in [3.63, 3.8) is 0 Å². The van der Waals surface area contributed by atoms with Gasteiger partial charge in [-0.1, -0.05) is 18.2 Å². The van der Waals surface area contributed by atoms with E-state index in [1.165, 1.54) is 12.1 Å². The highest BCUT2D eigenvalue weighted by molar-refractivity contribution is 6.02. The van der Waals surface area contributed by atoms with Crippen molar-refractivity contribution in [1.29, 1.82) is 5.26 Å². The fourth-order valence-electron chi connectivity index (χ4n) is 4.93. The first kappa shape index (κ1) is 25.5. The SMILES string of the molecule is COCCOc1cc(F)cc(-c2cnc3ccc(-c4cccc(C#N)c4O)cc3c2N2CCC(N)CC2)c1. The molecule has 194 valence electrons. The van der Waals surface area contributed by atoms with Crippen LogP contribution in [0.3, 0.4) is 0 Å². The van der Waals surface area contributed by atoms with Gasteiger partial charge in [0, 0.05) is 55.0 Å². The average molecular weight is 513 g/mol. The Bertz CT molecular complexity index is 1510. The first-order chi connectivity index (χ1) is 18.5. The number of nitrogens with zero attached hydrogens (tertiary/aromatic N) is 3. The molecule has 0 saturated carbocycles. The number of para-hydroxylation sites is 1. The third-order valence-corrected chi connectivity index (χ3v) is 6.90. The highest BCUT2D eigenvalue weighted by Gasteiger charge is 2.23. The quantitative estimate of drug-likeness (QED) is 0.326. The van der Waals surface area contributed by atoms with Crippen molar-refractivity contribution in [2.24, 2.45) is 5.73 Å². The summed E-state index contributed by atoms with van der Waals surface area (Å²) in [5.41, 5.74) is 10.8. The zero-order chi connectivity index (χ0) is 26.6. The molecule has 1 fully saturated rings. The number of nitrogens with two attached hydrogens (primary N) is 1. The average Bonchev–Trinajstić information content (AvgIpc) is 2.93. The molecule has 2 heterocycles. The van der Waals surface area contributed by atoms with Crippen molar-refractivity contribution >= 4 is 16.6 Å². The van der Waals surface area contributed by atoms with Crippen LogP contribution in [-0.4, -0.2) is 49.5 Å². The van der Waals surface area contributed by atoms with E-state index in [4.69, 9.17) is 20.2 Å². The summed E-state index contributed by atoms with van der Waals surface area (Å²) in [6, 6.07) is 17.7. The van der Waals surface area contributed by atoms with Crippen molar-refractivity contribution in [3.05, 3.63) is 72.2 Å². The van der Waals surface area contributed by atoms with Gasteiger partial charge >= 0.3 is 0 Å². The lowest BCUT2D eigenvalue weighted by molar-refractivity contribution is 0.146. The topological polar surface area (TPSA) is 105 Å². The number of fused-ring (bicyclic) bond motifs is 1. The third-order valence-electron chi connectivity index (χ3n) is 6.90. The molecule has 1 aliphatic rings. The normalized spacial score (nSPS) is 14.0. The molecule has 0 spiro atoms. The van der Waals surface area contributed by atoms with Crippen LogP contribution in [-0.2, 0) is 4.74 Å². The van der Waals surface area contributed by atoms with E-state index >= 15 is 0 Å². The second kappa shape index (κ2) is 11.1. The Hall–Kier alpha value is -4.19. The summed E-state index contributed by atoms with van der Waals surface area (Å²) in [5.74, 6) is -0.0590. The van der Waals surface area contributed by atoms with Gasteiger partial charge < -0.3 is 25.2 Å². The van der Waals surface area contributed by atoms with Crippen molar-refractivity contribution in [2.45, 2.75) is 18.9 Å². The maximum Gasteiger partial charge on any atom is 0.141 e. The van der Waals surface area contributed by atoms with Crippen LogP contribution in [0.4, 0.5) is 10.1 Å². The van der Waals surface area contributed by atoms with E-state index in [1.54, 1.807) is 31.5 Å². The number of hydrogen-bond acceptors (Lipinski definition) is 7. The monoisotopic (exact) mass is 512 g/mol. The van der Waals surface area contributed by atoms with Gasteiger partial charge in [-0.15, -0.1) is 0 Å². The number of phenolic OH excluding ortho intramolecular Hbond substituents is 1. The number of piperidine rings is 1. The number of hydrogen-bond donors (Lipinski definition) is 2. The molecule has 38 heavy (non-hydrogen) atoms. The van der Waals surface area contributed by atoms with Gasteiger partial charge in [-0.2, -0.15) is 5.26 Å². The van der Waals surface area contributed by atoms with Crippen LogP contribution in [0.2, 0.25) is 0 Å². The molecule has 0 aliphatic carbocycles. The van der Waals surface area contributed by atoms with Gasteiger partial charge in [0.2, 0.25) is 0 Å². The molecule has 3 N–H and O–H groups in total. The largest absolute Gasteiger partial charge is 0.506 e. The van der Waals surface area contributed by atoms with Crippen LogP contribution >= 0.6 is 0 Å². The summed E-state index contributed by atoms with van der Waals surface area (Å²) in [6.45, 7) is 2.20. The molecule has 0 atom stereocenters. The summed E-state index contributed by atoms with van der Waals surface area (Å²) in [4.78, 5) is 6.98. The molecule has 0 unspecified atom stereocenters. The van der Waals surface area contributed by atoms with Crippen LogP contribution in [0.5, 0.6) is 11.5 Å². The molecule has 0 amide bonds. The number of benzene rings is 3. The molecule has 3 aromatic carbocycles. The summed E-state index contributed by atoms with van der Waals surface area (Å²) in [7, 11) is 1.59. The van der Waals surface area contributed by atoms with Crippen LogP contribution < -0.4 is 15.4 Å². The molecule has 1 aliphatic heterocycles. The fraction of sp³-hybridized carbons (Fsp3) is 0.267. The van der Waals surface area contributed by atoms with E-state index in [2.05, 4.69) is 4.90 Å². The molecule has 1 aromatic heterocycles. The van der Waals surface area contributed by atoms with Gasteiger partial charge in [0.1, 0.15) is 30.0 Å². The van der Waals surface area contributed by atoms with E-state index in [1.807, 2.05) is 30.3 Å². The minimum atomic E-state index is -0.409. The molecule has 8 heteroatoms. The van der Waals surface area contributed by atoms with E-state index in [-0.39, 0.29) is 17.4 Å². The van der Waals surface area contributed by atoms with E-state index in [9.17, 15) is 14.8 Å². The van der Waals surface area contributed by atoms with Gasteiger partial charge in [0.25, 0.3) is 0 Å². The summed E-state index contributed by atoms with van der Waals surface area (Å²) in [5, 5.41) is 21.0. The summed E-state index contributed by atoms with van der Waals surface area (Å²) >= 11 is 0. The molecular weight excluding hydrogens is 483 g/mol. The van der Waals surface area contributed by atoms with Gasteiger partial charge in [-0.3, -0.25) is 4.98 Å². The highest BCUT2D eigenvalue weighted by atomic mass is 19.1. The predicted octanol–water partition coefficient (Wildman–Crippen LogP) is 5.24. The number of nitriles is 1. The molecule has 0 bridgehead atoms. The lowest BCUT2D eigenvalue weighted by atomic mass is 9.95. The van der Waals surface area contributed by atoms with Crippen molar-refractivity contribution in [3.8, 4) is 39.8 Å². The minimum absolute atomic E-state index is 0.0630. The summed E-state index contributed by atoms with van der Waals surface area (Å²) < 4.78 is 25.5. The van der Waals surface area contributed by atoms with Gasteiger partial charge in [0.15, 0.2) is 0 Å². The maximum atomic E-state index is 14.7. The molecule has 1 saturated heterocycles. The molecule has 5 rings (SSSR count). The number of phenols is 1. The Morgan fingerprint density at radius 1 is 1.08 bits per heavy atom. The Balaban J connectivity index is 1.69. The van der Waals surface area contributed by atoms with Crippen molar-refractivity contribution in [2.75, 3.05) is 38.3 Å². The first-order valence-corrected chi connectivity index (χ1v) is 12.6. The van der Waals surface area contributed by atoms with Gasteiger partial charge in [-0.05, 0) is 54.3 Å². The number of aromatic hydroxyl groups is 1. The van der Waals surface area contributed by atoms with Crippen LogP contribution in [0.1, 0.15) is 18.4 Å². The van der Waals surface area contributed by atoms with Gasteiger partial charge in [0.05, 0.1) is 23.4 Å². The Morgan fingerprint density at radius 3 is 2.66 bits per heavy atom. The zero-order valence-electron chi connectivity index (χ0n) is 21.2. The Kier molecular flexibility index (Phi) is 7.40. The Labute approximate surface area is 220 Å². The number of aromatic nitrogens is 1. The predicted molar refractivity (Wildman–Crippen MR) is 146 cm³/mol. The van der Waals surface area contributed by atoms with Crippen LogP contribution in [0.15, 0.2) is 60.8 Å². The summed E-state index contributed by atoms with van der Waals surface area (Å²) in [6.07, 6.45) is 3.44. The van der Waals surface area contributed by atoms with Crippen molar-refractivity contribution in [1.82, 2.24) is 4.98 Å². The highest BCUT2D eigenvalue weighted by Crippen LogP contribution is 2.41. The second-order valence-electron chi connectivity index (χ2n) is 9.41. The number of rotatable bonds is 7. The molecule has 4 aromatic rings. The standard InChI is InChI=1S/C30H29FN4O3/c1-37-11-12-38-24-14-21(13-22(31)16-24)27-18-34-28-6-5-19(25-4-2-3-20(17-32)30(25)36)15-26(28)29(27)35-9-7-23(33)8-10-35/h2-6,13-16,18,23,36H,7-12,33H2,1H3. The zero-order valence-corrected chi connectivity index (χ0v) is 21.2. The van der Waals surface area contributed by atoms with E-state index in [0.717, 1.165) is 53.6 Å².